The number of carboxylic acid groups (broad SMARTS) is 1. The lowest BCUT2D eigenvalue weighted by Crippen LogP contribution is -2.38. The summed E-state index contributed by atoms with van der Waals surface area (Å²) in [5, 5.41) is 10.3. The SMILES string of the molecule is Cc1nc2cc(C(=O)N[C@@H]3CCC[C@H](c4nc5ccccc5[nH]4)C3)ccc2[nH]1.O=C(O)C(F)(F)F. The van der Waals surface area contributed by atoms with E-state index in [9.17, 15) is 18.0 Å². The normalized spacial score (nSPS) is 18.2. The molecule has 1 fully saturated rings. The van der Waals surface area contributed by atoms with Crippen molar-refractivity contribution < 1.29 is 27.9 Å². The van der Waals surface area contributed by atoms with E-state index in [2.05, 4.69) is 26.3 Å². The summed E-state index contributed by atoms with van der Waals surface area (Å²) in [6.45, 7) is 1.92. The van der Waals surface area contributed by atoms with Gasteiger partial charge >= 0.3 is 12.1 Å². The fourth-order valence-electron chi connectivity index (χ4n) is 4.28. The van der Waals surface area contributed by atoms with Crippen LogP contribution in [0.25, 0.3) is 22.1 Å². The molecule has 1 aliphatic rings. The molecule has 0 radical (unpaired) electrons. The van der Waals surface area contributed by atoms with Gasteiger partial charge in [-0.05, 0) is 56.5 Å². The van der Waals surface area contributed by atoms with Gasteiger partial charge in [0.15, 0.2) is 0 Å². The zero-order valence-corrected chi connectivity index (χ0v) is 18.8. The molecule has 5 rings (SSSR count). The van der Waals surface area contributed by atoms with E-state index in [-0.39, 0.29) is 11.9 Å². The van der Waals surface area contributed by atoms with Crippen LogP contribution in [0.4, 0.5) is 13.2 Å². The summed E-state index contributed by atoms with van der Waals surface area (Å²) >= 11 is 0. The van der Waals surface area contributed by atoms with Crippen LogP contribution in [0.5, 0.6) is 0 Å². The number of carbonyl (C=O) groups is 2. The quantitative estimate of drug-likeness (QED) is 0.329. The van der Waals surface area contributed by atoms with Gasteiger partial charge in [0.1, 0.15) is 11.6 Å². The predicted octanol–water partition coefficient (Wildman–Crippen LogP) is 4.84. The maximum atomic E-state index is 12.8. The van der Waals surface area contributed by atoms with Crippen LogP contribution < -0.4 is 5.32 Å². The smallest absolute Gasteiger partial charge is 0.475 e. The van der Waals surface area contributed by atoms with Gasteiger partial charge in [-0.1, -0.05) is 18.6 Å². The number of amides is 1. The number of nitrogens with zero attached hydrogens (tertiary/aromatic N) is 2. The van der Waals surface area contributed by atoms with Gasteiger partial charge in [-0.25, -0.2) is 14.8 Å². The Morgan fingerprint density at radius 3 is 2.46 bits per heavy atom. The molecule has 2 aromatic carbocycles. The Morgan fingerprint density at radius 1 is 1.03 bits per heavy atom. The number of carbonyl (C=O) groups excluding carboxylic acids is 1. The van der Waals surface area contributed by atoms with E-state index in [1.165, 1.54) is 0 Å². The van der Waals surface area contributed by atoms with E-state index in [4.69, 9.17) is 14.9 Å². The number of imidazole rings is 2. The van der Waals surface area contributed by atoms with E-state index in [1.807, 2.05) is 43.3 Å². The van der Waals surface area contributed by atoms with Crippen LogP contribution in [-0.2, 0) is 4.79 Å². The van der Waals surface area contributed by atoms with Gasteiger partial charge in [-0.3, -0.25) is 4.79 Å². The molecule has 2 atom stereocenters. The first-order chi connectivity index (χ1) is 16.6. The van der Waals surface area contributed by atoms with E-state index >= 15 is 0 Å². The molecule has 8 nitrogen and oxygen atoms in total. The molecule has 4 aromatic rings. The standard InChI is InChI=1S/C22H23N5O.C2HF3O2/c1-13-23-19-10-9-15(12-20(19)24-13)22(28)25-16-6-4-5-14(11-16)21-26-17-7-2-3-8-18(17)27-21;3-2(4,5)1(6)7/h2-3,7-10,12,14,16H,4-6,11H2,1H3,(H,23,24)(H,25,28)(H,26,27);(H,6,7)/t14-,16+;/m0./s1. The van der Waals surface area contributed by atoms with E-state index in [0.717, 1.165) is 59.4 Å². The van der Waals surface area contributed by atoms with Crippen molar-refractivity contribution in [3.8, 4) is 0 Å². The van der Waals surface area contributed by atoms with Gasteiger partial charge < -0.3 is 20.4 Å². The van der Waals surface area contributed by atoms with E-state index in [0.29, 0.717) is 11.5 Å². The lowest BCUT2D eigenvalue weighted by Gasteiger charge is -2.28. The van der Waals surface area contributed by atoms with Gasteiger partial charge in [0.05, 0.1) is 22.1 Å². The minimum absolute atomic E-state index is 0.0298. The second-order valence-electron chi connectivity index (χ2n) is 8.53. The van der Waals surface area contributed by atoms with Gasteiger partial charge in [0.2, 0.25) is 0 Å². The molecular weight excluding hydrogens is 463 g/mol. The number of benzene rings is 2. The van der Waals surface area contributed by atoms with Crippen molar-refractivity contribution in [2.24, 2.45) is 0 Å². The van der Waals surface area contributed by atoms with Gasteiger partial charge in [-0.2, -0.15) is 13.2 Å². The van der Waals surface area contributed by atoms with Crippen LogP contribution in [0.15, 0.2) is 42.5 Å². The van der Waals surface area contributed by atoms with Crippen molar-refractivity contribution >= 4 is 33.9 Å². The summed E-state index contributed by atoms with van der Waals surface area (Å²) in [7, 11) is 0. The minimum atomic E-state index is -5.08. The number of aromatic nitrogens is 4. The monoisotopic (exact) mass is 487 g/mol. The van der Waals surface area contributed by atoms with Gasteiger partial charge in [0.25, 0.3) is 5.91 Å². The molecule has 0 unspecified atom stereocenters. The largest absolute Gasteiger partial charge is 0.490 e. The zero-order chi connectivity index (χ0) is 25.2. The number of aryl methyl sites for hydroxylation is 1. The maximum Gasteiger partial charge on any atom is 0.490 e. The van der Waals surface area contributed by atoms with Crippen LogP contribution in [-0.4, -0.2) is 49.1 Å². The number of para-hydroxylation sites is 2. The fourth-order valence-corrected chi connectivity index (χ4v) is 4.28. The van der Waals surface area contributed by atoms with Crippen molar-refractivity contribution in [2.45, 2.75) is 50.7 Å². The van der Waals surface area contributed by atoms with Crippen LogP contribution in [0.1, 0.15) is 53.6 Å². The summed E-state index contributed by atoms with van der Waals surface area (Å²) in [4.78, 5) is 37.5. The number of H-pyrrole nitrogens is 2. The van der Waals surface area contributed by atoms with E-state index in [1.54, 1.807) is 0 Å². The number of alkyl halides is 3. The predicted molar refractivity (Wildman–Crippen MR) is 123 cm³/mol. The highest BCUT2D eigenvalue weighted by atomic mass is 19.4. The van der Waals surface area contributed by atoms with Crippen LogP contribution in [0.2, 0.25) is 0 Å². The summed E-state index contributed by atoms with van der Waals surface area (Å²) in [5.74, 6) is -0.546. The molecule has 2 aromatic heterocycles. The molecule has 4 N–H and O–H groups in total. The Morgan fingerprint density at radius 2 is 1.74 bits per heavy atom. The molecule has 1 saturated carbocycles. The third-order valence-corrected chi connectivity index (χ3v) is 5.91. The first-order valence-corrected chi connectivity index (χ1v) is 11.1. The third kappa shape index (κ3) is 5.79. The number of halogens is 3. The Labute approximate surface area is 198 Å². The summed E-state index contributed by atoms with van der Waals surface area (Å²) in [6.07, 6.45) is -0.976. The number of fused-ring (bicyclic) bond motifs is 2. The first-order valence-electron chi connectivity index (χ1n) is 11.1. The molecule has 1 aliphatic carbocycles. The van der Waals surface area contributed by atoms with Crippen LogP contribution in [0.3, 0.4) is 0 Å². The third-order valence-electron chi connectivity index (χ3n) is 5.91. The number of hydrogen-bond acceptors (Lipinski definition) is 4. The molecule has 2 heterocycles. The Kier molecular flexibility index (Phi) is 6.77. The second-order valence-corrected chi connectivity index (χ2v) is 8.53. The van der Waals surface area contributed by atoms with Crippen molar-refractivity contribution in [1.82, 2.24) is 25.3 Å². The number of carboxylic acids is 1. The highest BCUT2D eigenvalue weighted by molar-refractivity contribution is 5.97. The average Bonchev–Trinajstić information content (AvgIpc) is 3.41. The van der Waals surface area contributed by atoms with Crippen molar-refractivity contribution in [3.05, 3.63) is 59.7 Å². The molecule has 35 heavy (non-hydrogen) atoms. The summed E-state index contributed by atoms with van der Waals surface area (Å²) in [5.41, 5.74) is 4.52. The summed E-state index contributed by atoms with van der Waals surface area (Å²) in [6, 6.07) is 13.9. The molecular formula is C24H24F3N5O3. The van der Waals surface area contributed by atoms with Gasteiger partial charge in [-0.15, -0.1) is 0 Å². The fraction of sp³-hybridized carbons (Fsp3) is 0.333. The minimum Gasteiger partial charge on any atom is -0.475 e. The summed E-state index contributed by atoms with van der Waals surface area (Å²) < 4.78 is 31.7. The number of hydrogen-bond donors (Lipinski definition) is 4. The molecule has 0 aliphatic heterocycles. The molecule has 0 spiro atoms. The lowest BCUT2D eigenvalue weighted by molar-refractivity contribution is -0.192. The average molecular weight is 487 g/mol. The Hall–Kier alpha value is -3.89. The highest BCUT2D eigenvalue weighted by Gasteiger charge is 2.38. The highest BCUT2D eigenvalue weighted by Crippen LogP contribution is 2.32. The number of aromatic amines is 2. The van der Waals surface area contributed by atoms with Crippen molar-refractivity contribution in [2.75, 3.05) is 0 Å². The van der Waals surface area contributed by atoms with Gasteiger partial charge in [0, 0.05) is 17.5 Å². The topological polar surface area (TPSA) is 124 Å². The molecule has 1 amide bonds. The second kappa shape index (κ2) is 9.77. The lowest BCUT2D eigenvalue weighted by atomic mass is 9.85. The Balaban J connectivity index is 0.000000364. The molecule has 11 heteroatoms. The van der Waals surface area contributed by atoms with Crippen molar-refractivity contribution in [3.63, 3.8) is 0 Å². The maximum absolute atomic E-state index is 12.8. The van der Waals surface area contributed by atoms with Crippen LogP contribution >= 0.6 is 0 Å². The number of rotatable bonds is 3. The van der Waals surface area contributed by atoms with Crippen LogP contribution in [0, 0.1) is 6.92 Å². The number of nitrogens with one attached hydrogen (secondary N) is 3. The molecule has 0 saturated heterocycles. The first kappa shape index (κ1) is 24.2. The zero-order valence-electron chi connectivity index (χ0n) is 18.8. The van der Waals surface area contributed by atoms with E-state index < -0.39 is 12.1 Å². The molecule has 184 valence electrons. The molecule has 0 bridgehead atoms. The number of aliphatic carboxylic acids is 1. The Bertz CT molecular complexity index is 1330. The van der Waals surface area contributed by atoms with Crippen molar-refractivity contribution in [1.29, 1.82) is 0 Å².